The van der Waals surface area contributed by atoms with E-state index in [2.05, 4.69) is 10.3 Å². The number of carboxylic acids is 1. The van der Waals surface area contributed by atoms with Crippen molar-refractivity contribution in [1.82, 2.24) is 9.88 Å². The Morgan fingerprint density at radius 1 is 1.40 bits per heavy atom. The average molecular weight is 277 g/mol. The van der Waals surface area contributed by atoms with Crippen LogP contribution >= 0.6 is 0 Å². The smallest absolute Gasteiger partial charge is 0.321 e. The summed E-state index contributed by atoms with van der Waals surface area (Å²) in [4.78, 5) is 28.8. The van der Waals surface area contributed by atoms with Gasteiger partial charge in [-0.05, 0) is 26.0 Å². The number of nitrogens with zero attached hydrogens (tertiary/aromatic N) is 2. The van der Waals surface area contributed by atoms with E-state index in [1.807, 2.05) is 26.0 Å². The highest BCUT2D eigenvalue weighted by atomic mass is 16.4. The molecule has 0 saturated carbocycles. The van der Waals surface area contributed by atoms with Gasteiger partial charge in [-0.2, -0.15) is 0 Å². The zero-order valence-corrected chi connectivity index (χ0v) is 11.9. The SMILES string of the molecule is Cc1ccc(NC(=O)N2CC(C(C)C(=O)O)C2)c(C)n1. The number of hydrogen-bond acceptors (Lipinski definition) is 3. The highest BCUT2D eigenvalue weighted by molar-refractivity contribution is 5.90. The normalized spacial score (nSPS) is 16.4. The topological polar surface area (TPSA) is 82.5 Å². The van der Waals surface area contributed by atoms with Gasteiger partial charge in [0.15, 0.2) is 0 Å². The fourth-order valence-corrected chi connectivity index (χ4v) is 2.21. The minimum Gasteiger partial charge on any atom is -0.481 e. The van der Waals surface area contributed by atoms with E-state index in [-0.39, 0.29) is 11.9 Å². The van der Waals surface area contributed by atoms with Crippen LogP contribution < -0.4 is 5.32 Å². The molecule has 1 aromatic rings. The fourth-order valence-electron chi connectivity index (χ4n) is 2.21. The summed E-state index contributed by atoms with van der Waals surface area (Å²) in [6, 6.07) is 3.47. The van der Waals surface area contributed by atoms with Crippen molar-refractivity contribution in [1.29, 1.82) is 0 Å². The van der Waals surface area contributed by atoms with Crippen molar-refractivity contribution in [3.05, 3.63) is 23.5 Å². The number of likely N-dealkylation sites (tertiary alicyclic amines) is 1. The first-order valence-electron chi connectivity index (χ1n) is 6.61. The maximum atomic E-state index is 12.0. The van der Waals surface area contributed by atoms with Gasteiger partial charge in [-0.25, -0.2) is 4.79 Å². The second-order valence-electron chi connectivity index (χ2n) is 5.31. The van der Waals surface area contributed by atoms with Crippen LogP contribution in [0.3, 0.4) is 0 Å². The maximum absolute atomic E-state index is 12.0. The summed E-state index contributed by atoms with van der Waals surface area (Å²) < 4.78 is 0. The van der Waals surface area contributed by atoms with Gasteiger partial charge in [0, 0.05) is 24.7 Å². The summed E-state index contributed by atoms with van der Waals surface area (Å²) in [6.07, 6.45) is 0. The van der Waals surface area contributed by atoms with E-state index >= 15 is 0 Å². The minimum atomic E-state index is -0.811. The Bertz CT molecular complexity index is 538. The number of carbonyl (C=O) groups excluding carboxylic acids is 1. The number of carbonyl (C=O) groups is 2. The molecule has 1 fully saturated rings. The largest absolute Gasteiger partial charge is 0.481 e. The molecule has 2 N–H and O–H groups in total. The number of urea groups is 1. The molecule has 2 amide bonds. The number of pyridine rings is 1. The molecule has 1 aliphatic rings. The van der Waals surface area contributed by atoms with Gasteiger partial charge < -0.3 is 15.3 Å². The van der Waals surface area contributed by atoms with Gasteiger partial charge in [0.2, 0.25) is 0 Å². The first-order valence-corrected chi connectivity index (χ1v) is 6.61. The van der Waals surface area contributed by atoms with Crippen LogP contribution in [0.25, 0.3) is 0 Å². The Morgan fingerprint density at radius 2 is 2.05 bits per heavy atom. The average Bonchev–Trinajstić information content (AvgIpc) is 2.30. The Morgan fingerprint density at radius 3 is 2.60 bits per heavy atom. The van der Waals surface area contributed by atoms with Gasteiger partial charge in [0.25, 0.3) is 0 Å². The highest BCUT2D eigenvalue weighted by Crippen LogP contribution is 2.25. The number of aryl methyl sites for hydroxylation is 2. The lowest BCUT2D eigenvalue weighted by Crippen LogP contribution is -2.54. The van der Waals surface area contributed by atoms with Crippen molar-refractivity contribution in [2.45, 2.75) is 20.8 Å². The number of rotatable bonds is 3. The molecule has 1 saturated heterocycles. The van der Waals surface area contributed by atoms with E-state index in [4.69, 9.17) is 5.11 Å². The predicted molar refractivity (Wildman–Crippen MR) is 74.6 cm³/mol. The van der Waals surface area contributed by atoms with Crippen LogP contribution in [0.2, 0.25) is 0 Å². The first-order chi connectivity index (χ1) is 9.38. The number of anilines is 1. The third-order valence-electron chi connectivity index (χ3n) is 3.76. The molecular weight excluding hydrogens is 258 g/mol. The third-order valence-corrected chi connectivity index (χ3v) is 3.76. The summed E-state index contributed by atoms with van der Waals surface area (Å²) in [7, 11) is 0. The van der Waals surface area contributed by atoms with Crippen molar-refractivity contribution in [2.75, 3.05) is 18.4 Å². The molecule has 1 atom stereocenters. The molecule has 2 rings (SSSR count). The molecule has 108 valence electrons. The molecule has 6 heteroatoms. The second kappa shape index (κ2) is 5.48. The van der Waals surface area contributed by atoms with Gasteiger partial charge >= 0.3 is 12.0 Å². The van der Waals surface area contributed by atoms with Crippen molar-refractivity contribution in [3.63, 3.8) is 0 Å². The lowest BCUT2D eigenvalue weighted by molar-refractivity contribution is -0.144. The monoisotopic (exact) mass is 277 g/mol. The molecule has 0 bridgehead atoms. The molecule has 0 radical (unpaired) electrons. The van der Waals surface area contributed by atoms with Gasteiger partial charge in [-0.3, -0.25) is 9.78 Å². The molecule has 1 aliphatic heterocycles. The van der Waals surface area contributed by atoms with Crippen molar-refractivity contribution in [2.24, 2.45) is 11.8 Å². The van der Waals surface area contributed by atoms with Crippen LogP contribution in [-0.4, -0.2) is 40.1 Å². The van der Waals surface area contributed by atoms with Crippen LogP contribution in [-0.2, 0) is 4.79 Å². The summed E-state index contributed by atoms with van der Waals surface area (Å²) in [5.41, 5.74) is 2.37. The number of nitrogens with one attached hydrogen (secondary N) is 1. The Hall–Kier alpha value is -2.11. The molecule has 6 nitrogen and oxygen atoms in total. The first kappa shape index (κ1) is 14.3. The van der Waals surface area contributed by atoms with Gasteiger partial charge in [-0.1, -0.05) is 6.92 Å². The zero-order chi connectivity index (χ0) is 14.9. The quantitative estimate of drug-likeness (QED) is 0.883. The van der Waals surface area contributed by atoms with Gasteiger partial charge in [0.05, 0.1) is 17.3 Å². The molecule has 20 heavy (non-hydrogen) atoms. The van der Waals surface area contributed by atoms with Crippen LogP contribution in [0.4, 0.5) is 10.5 Å². The minimum absolute atomic E-state index is 0.0375. The number of carboxylic acid groups (broad SMARTS) is 1. The number of aliphatic carboxylic acids is 1. The van der Waals surface area contributed by atoms with E-state index in [1.54, 1.807) is 11.8 Å². The van der Waals surface area contributed by atoms with E-state index in [0.29, 0.717) is 18.8 Å². The van der Waals surface area contributed by atoms with E-state index in [0.717, 1.165) is 11.4 Å². The van der Waals surface area contributed by atoms with Crippen molar-refractivity contribution >= 4 is 17.7 Å². The van der Waals surface area contributed by atoms with Crippen LogP contribution in [0.15, 0.2) is 12.1 Å². The number of hydrogen-bond donors (Lipinski definition) is 2. The fraction of sp³-hybridized carbons (Fsp3) is 0.500. The van der Waals surface area contributed by atoms with Crippen LogP contribution in [0.1, 0.15) is 18.3 Å². The predicted octanol–water partition coefficient (Wildman–Crippen LogP) is 1.88. The van der Waals surface area contributed by atoms with Crippen LogP contribution in [0, 0.1) is 25.7 Å². The highest BCUT2D eigenvalue weighted by Gasteiger charge is 2.37. The van der Waals surface area contributed by atoms with Crippen molar-refractivity contribution < 1.29 is 14.7 Å². The molecule has 1 unspecified atom stereocenters. The maximum Gasteiger partial charge on any atom is 0.321 e. The molecular formula is C14H19N3O3. The zero-order valence-electron chi connectivity index (χ0n) is 11.9. The molecule has 2 heterocycles. The van der Waals surface area contributed by atoms with Crippen LogP contribution in [0.5, 0.6) is 0 Å². The molecule has 1 aromatic heterocycles. The summed E-state index contributed by atoms with van der Waals surface area (Å²) in [6.45, 7) is 6.38. The lowest BCUT2D eigenvalue weighted by atomic mass is 9.87. The molecule has 0 aliphatic carbocycles. The third kappa shape index (κ3) is 2.89. The van der Waals surface area contributed by atoms with E-state index < -0.39 is 11.9 Å². The number of aromatic nitrogens is 1. The Labute approximate surface area is 117 Å². The summed E-state index contributed by atoms with van der Waals surface area (Å²) >= 11 is 0. The molecule has 0 aromatic carbocycles. The van der Waals surface area contributed by atoms with Gasteiger partial charge in [0.1, 0.15) is 0 Å². The summed E-state index contributed by atoms with van der Waals surface area (Å²) in [5.74, 6) is -1.19. The van der Waals surface area contributed by atoms with E-state index in [9.17, 15) is 9.59 Å². The van der Waals surface area contributed by atoms with Crippen molar-refractivity contribution in [3.8, 4) is 0 Å². The Balaban J connectivity index is 1.90. The number of amides is 2. The van der Waals surface area contributed by atoms with E-state index in [1.165, 1.54) is 0 Å². The standard InChI is InChI=1S/C14H19N3O3/c1-8-4-5-12(10(3)15-8)16-14(20)17-6-11(7-17)9(2)13(18)19/h4-5,9,11H,6-7H2,1-3H3,(H,16,20)(H,18,19). The van der Waals surface area contributed by atoms with Gasteiger partial charge in [-0.15, -0.1) is 0 Å². The molecule has 0 spiro atoms. The summed E-state index contributed by atoms with van der Waals surface area (Å²) in [5, 5.41) is 11.7. The Kier molecular flexibility index (Phi) is 3.92. The lowest BCUT2D eigenvalue weighted by Gasteiger charge is -2.41. The second-order valence-corrected chi connectivity index (χ2v) is 5.31.